The van der Waals surface area contributed by atoms with Gasteiger partial charge in [-0.3, -0.25) is 14.5 Å². The van der Waals surface area contributed by atoms with E-state index in [4.69, 9.17) is 10.5 Å². The molecule has 1 saturated heterocycles. The van der Waals surface area contributed by atoms with E-state index in [0.717, 1.165) is 12.1 Å². The van der Waals surface area contributed by atoms with Gasteiger partial charge in [0.25, 0.3) is 11.5 Å². The molecule has 1 aliphatic heterocycles. The van der Waals surface area contributed by atoms with Crippen molar-refractivity contribution < 1.29 is 27.1 Å². The Morgan fingerprint density at radius 2 is 2.08 bits per heavy atom. The first-order valence-electron chi connectivity index (χ1n) is 11.5. The van der Waals surface area contributed by atoms with Gasteiger partial charge in [0.2, 0.25) is 5.91 Å². The molecule has 2 atom stereocenters. The minimum Gasteiger partial charge on any atom is -0.453 e. The molecule has 3 aromatic rings. The summed E-state index contributed by atoms with van der Waals surface area (Å²) in [5.41, 5.74) is 5.57. The zero-order valence-electron chi connectivity index (χ0n) is 19.8. The van der Waals surface area contributed by atoms with Crippen molar-refractivity contribution in [3.05, 3.63) is 81.9 Å². The lowest BCUT2D eigenvalue weighted by atomic mass is 9.86. The van der Waals surface area contributed by atoms with Crippen LogP contribution < -0.4 is 21.3 Å². The molecule has 196 valence electrons. The van der Waals surface area contributed by atoms with Gasteiger partial charge < -0.3 is 20.8 Å². The van der Waals surface area contributed by atoms with E-state index in [1.165, 1.54) is 30.6 Å². The summed E-state index contributed by atoms with van der Waals surface area (Å²) in [7, 11) is 0. The molecule has 0 spiro atoms. The molecule has 12 heteroatoms. The van der Waals surface area contributed by atoms with Crippen molar-refractivity contribution in [1.29, 1.82) is 0 Å². The van der Waals surface area contributed by atoms with E-state index in [1.54, 1.807) is 11.8 Å². The SMILES string of the molecule is CC(C(=O)Nc1ccc(Oc2ccc(F)cc2F)cn1)N1CCC(F)(F)C(c2c[nH]c(=O)c(CN)c2)C1. The Bertz CT molecular complexity index is 1330. The number of alkyl halides is 2. The average molecular weight is 519 g/mol. The number of benzene rings is 1. The van der Waals surface area contributed by atoms with Gasteiger partial charge >= 0.3 is 0 Å². The molecule has 2 unspecified atom stereocenters. The monoisotopic (exact) mass is 519 g/mol. The predicted molar refractivity (Wildman–Crippen MR) is 128 cm³/mol. The molecule has 3 heterocycles. The van der Waals surface area contributed by atoms with Crippen LogP contribution in [-0.4, -0.2) is 45.8 Å². The van der Waals surface area contributed by atoms with E-state index in [-0.39, 0.29) is 48.1 Å². The molecular formula is C25H25F4N5O3. The standard InChI is InChI=1S/C25H25F4N5O3/c1-14(34-7-6-25(28,29)19(13-34)16-8-15(10-30)24(36)32-11-16)23(35)33-22-5-3-18(12-31-22)37-21-4-2-17(26)9-20(21)27/h2-5,8-9,11-12,14,19H,6-7,10,13,30H2,1H3,(H,32,36)(H,31,33,35). The number of nitrogens with zero attached hydrogens (tertiary/aromatic N) is 2. The lowest BCUT2D eigenvalue weighted by molar-refractivity contribution is -0.125. The molecule has 4 N–H and O–H groups in total. The van der Waals surface area contributed by atoms with Gasteiger partial charge in [0.15, 0.2) is 11.6 Å². The van der Waals surface area contributed by atoms with Crippen LogP contribution in [0.5, 0.6) is 11.5 Å². The van der Waals surface area contributed by atoms with Gasteiger partial charge in [-0.15, -0.1) is 0 Å². The molecular weight excluding hydrogens is 494 g/mol. The zero-order chi connectivity index (χ0) is 26.7. The summed E-state index contributed by atoms with van der Waals surface area (Å²) in [6.07, 6.45) is 2.06. The van der Waals surface area contributed by atoms with Gasteiger partial charge in [-0.05, 0) is 42.8 Å². The second-order valence-electron chi connectivity index (χ2n) is 8.77. The molecule has 0 bridgehead atoms. The number of ether oxygens (including phenoxy) is 1. The van der Waals surface area contributed by atoms with E-state index < -0.39 is 47.4 Å². The number of nitrogens with two attached hydrogens (primary N) is 1. The summed E-state index contributed by atoms with van der Waals surface area (Å²) >= 11 is 0. The summed E-state index contributed by atoms with van der Waals surface area (Å²) in [6.45, 7) is 1.40. The number of likely N-dealkylation sites (tertiary alicyclic amines) is 1. The average Bonchev–Trinajstić information content (AvgIpc) is 2.86. The molecule has 0 saturated carbocycles. The number of rotatable bonds is 7. The quantitative estimate of drug-likeness (QED) is 0.410. The maximum atomic E-state index is 14.8. The molecule has 1 aliphatic rings. The Labute approximate surface area is 209 Å². The lowest BCUT2D eigenvalue weighted by Gasteiger charge is -2.40. The highest BCUT2D eigenvalue weighted by molar-refractivity contribution is 5.93. The van der Waals surface area contributed by atoms with Crippen LogP contribution in [0.2, 0.25) is 0 Å². The lowest BCUT2D eigenvalue weighted by Crippen LogP contribution is -2.52. The molecule has 1 aromatic carbocycles. The van der Waals surface area contributed by atoms with Gasteiger partial charge in [0, 0.05) is 43.9 Å². The highest BCUT2D eigenvalue weighted by Crippen LogP contribution is 2.40. The second-order valence-corrected chi connectivity index (χ2v) is 8.77. The van der Waals surface area contributed by atoms with Crippen molar-refractivity contribution >= 4 is 11.7 Å². The van der Waals surface area contributed by atoms with E-state index in [2.05, 4.69) is 15.3 Å². The fourth-order valence-corrected chi connectivity index (χ4v) is 4.13. The summed E-state index contributed by atoms with van der Waals surface area (Å²) < 4.78 is 61.8. The summed E-state index contributed by atoms with van der Waals surface area (Å²) in [5.74, 6) is -6.19. The fraction of sp³-hybridized carbons (Fsp3) is 0.320. The molecule has 4 rings (SSSR count). The largest absolute Gasteiger partial charge is 0.453 e. The Morgan fingerprint density at radius 1 is 1.30 bits per heavy atom. The van der Waals surface area contributed by atoms with Crippen LogP contribution in [0.4, 0.5) is 23.4 Å². The molecule has 1 amide bonds. The Balaban J connectivity index is 1.41. The highest BCUT2D eigenvalue weighted by atomic mass is 19.3. The van der Waals surface area contributed by atoms with Crippen molar-refractivity contribution in [2.75, 3.05) is 18.4 Å². The maximum absolute atomic E-state index is 14.8. The van der Waals surface area contributed by atoms with Crippen LogP contribution in [0, 0.1) is 11.6 Å². The first-order chi connectivity index (χ1) is 17.6. The van der Waals surface area contributed by atoms with Crippen molar-refractivity contribution in [3.63, 3.8) is 0 Å². The number of carbonyl (C=O) groups excluding carboxylic acids is 1. The van der Waals surface area contributed by atoms with Crippen LogP contribution in [0.15, 0.2) is 53.6 Å². The number of aromatic amines is 1. The van der Waals surface area contributed by atoms with Crippen LogP contribution in [0.25, 0.3) is 0 Å². The summed E-state index contributed by atoms with van der Waals surface area (Å²) in [5, 5.41) is 2.63. The predicted octanol–water partition coefficient (Wildman–Crippen LogP) is 3.75. The van der Waals surface area contributed by atoms with Gasteiger partial charge in [0.05, 0.1) is 18.2 Å². The van der Waals surface area contributed by atoms with Gasteiger partial charge in [-0.25, -0.2) is 22.5 Å². The summed E-state index contributed by atoms with van der Waals surface area (Å²) in [4.78, 5) is 32.8. The number of pyridine rings is 2. The maximum Gasteiger partial charge on any atom is 0.257 e. The first kappa shape index (κ1) is 26.3. The number of nitrogens with one attached hydrogen (secondary N) is 2. The van der Waals surface area contributed by atoms with Crippen molar-refractivity contribution in [2.45, 2.75) is 37.8 Å². The Hall–Kier alpha value is -3.77. The molecule has 2 aromatic heterocycles. The second kappa shape index (κ2) is 10.7. The Morgan fingerprint density at radius 3 is 2.76 bits per heavy atom. The zero-order valence-corrected chi connectivity index (χ0v) is 19.8. The van der Waals surface area contributed by atoms with Crippen molar-refractivity contribution in [2.24, 2.45) is 5.73 Å². The smallest absolute Gasteiger partial charge is 0.257 e. The number of hydrogen-bond donors (Lipinski definition) is 3. The molecule has 8 nitrogen and oxygen atoms in total. The van der Waals surface area contributed by atoms with Gasteiger partial charge in [-0.2, -0.15) is 0 Å². The normalized spacial score (nSPS) is 18.3. The molecule has 0 aliphatic carbocycles. The van der Waals surface area contributed by atoms with E-state index in [1.807, 2.05) is 0 Å². The minimum atomic E-state index is -3.03. The van der Waals surface area contributed by atoms with E-state index in [0.29, 0.717) is 6.07 Å². The number of halogens is 4. The number of piperidine rings is 1. The third-order valence-corrected chi connectivity index (χ3v) is 6.32. The molecule has 37 heavy (non-hydrogen) atoms. The molecule has 0 radical (unpaired) electrons. The van der Waals surface area contributed by atoms with E-state index in [9.17, 15) is 27.2 Å². The van der Waals surface area contributed by atoms with Gasteiger partial charge in [0.1, 0.15) is 17.4 Å². The van der Waals surface area contributed by atoms with Gasteiger partial charge in [-0.1, -0.05) is 0 Å². The third kappa shape index (κ3) is 5.97. The number of aromatic nitrogens is 2. The number of carbonyl (C=O) groups is 1. The van der Waals surface area contributed by atoms with Crippen LogP contribution in [-0.2, 0) is 11.3 Å². The topological polar surface area (TPSA) is 113 Å². The highest BCUT2D eigenvalue weighted by Gasteiger charge is 2.46. The summed E-state index contributed by atoms with van der Waals surface area (Å²) in [6, 6.07) is 6.38. The number of hydrogen-bond acceptors (Lipinski definition) is 6. The Kier molecular flexibility index (Phi) is 7.60. The molecule has 1 fully saturated rings. The van der Waals surface area contributed by atoms with Crippen molar-refractivity contribution in [1.82, 2.24) is 14.9 Å². The van der Waals surface area contributed by atoms with Crippen LogP contribution in [0.1, 0.15) is 30.4 Å². The first-order valence-corrected chi connectivity index (χ1v) is 11.5. The van der Waals surface area contributed by atoms with E-state index >= 15 is 0 Å². The number of anilines is 1. The third-order valence-electron chi connectivity index (χ3n) is 6.32. The number of H-pyrrole nitrogens is 1. The van der Waals surface area contributed by atoms with Crippen LogP contribution in [0.3, 0.4) is 0 Å². The number of amides is 1. The minimum absolute atomic E-state index is 0.00533. The fourth-order valence-electron chi connectivity index (χ4n) is 4.13. The van der Waals surface area contributed by atoms with Crippen molar-refractivity contribution in [3.8, 4) is 11.5 Å². The van der Waals surface area contributed by atoms with Crippen LogP contribution >= 0.6 is 0 Å².